The molecule has 2 amide bonds. The van der Waals surface area contributed by atoms with Crippen molar-refractivity contribution < 1.29 is 9.59 Å². The number of primary amides is 1. The number of amides is 2. The topological polar surface area (TPSA) is 127 Å². The zero-order chi connectivity index (χ0) is 12.7. The second-order valence-corrected chi connectivity index (χ2v) is 3.73. The van der Waals surface area contributed by atoms with E-state index >= 15 is 0 Å². The minimum absolute atomic E-state index is 0.120. The molecule has 0 aliphatic rings. The van der Waals surface area contributed by atoms with Gasteiger partial charge in [-0.1, -0.05) is 0 Å². The molecule has 0 saturated heterocycles. The second-order valence-electron chi connectivity index (χ2n) is 3.73. The van der Waals surface area contributed by atoms with Gasteiger partial charge < -0.3 is 21.8 Å². The third-order valence-corrected chi connectivity index (χ3v) is 2.29. The Hall–Kier alpha value is -1.89. The van der Waals surface area contributed by atoms with Crippen LogP contribution in [0.15, 0.2) is 12.5 Å². The van der Waals surface area contributed by atoms with Gasteiger partial charge in [0, 0.05) is 31.3 Å². The van der Waals surface area contributed by atoms with E-state index in [0.29, 0.717) is 13.0 Å². The number of nitrogens with one attached hydrogen (secondary N) is 2. The summed E-state index contributed by atoms with van der Waals surface area (Å²) in [5.74, 6) is -0.725. The molecule has 6 N–H and O–H groups in total. The molecule has 17 heavy (non-hydrogen) atoms. The fourth-order valence-corrected chi connectivity index (χ4v) is 1.30. The van der Waals surface area contributed by atoms with Gasteiger partial charge in [0.25, 0.3) is 0 Å². The second kappa shape index (κ2) is 6.64. The third kappa shape index (κ3) is 5.12. The van der Waals surface area contributed by atoms with Crippen LogP contribution in [0.4, 0.5) is 0 Å². The summed E-state index contributed by atoms with van der Waals surface area (Å²) in [5, 5.41) is 2.68. The van der Waals surface area contributed by atoms with E-state index in [1.165, 1.54) is 0 Å². The predicted molar refractivity (Wildman–Crippen MR) is 61.7 cm³/mol. The van der Waals surface area contributed by atoms with E-state index < -0.39 is 11.9 Å². The van der Waals surface area contributed by atoms with Gasteiger partial charge in [0.1, 0.15) is 0 Å². The first kappa shape index (κ1) is 13.2. The molecule has 1 rings (SSSR count). The lowest BCUT2D eigenvalue weighted by Crippen LogP contribution is -2.41. The lowest BCUT2D eigenvalue weighted by molar-refractivity contribution is -0.122. The largest absolute Gasteiger partial charge is 0.370 e. The Labute approximate surface area is 99.0 Å². The predicted octanol–water partition coefficient (Wildman–Crippen LogP) is -1.34. The smallest absolute Gasteiger partial charge is 0.236 e. The number of aromatic nitrogens is 2. The van der Waals surface area contributed by atoms with Crippen LogP contribution < -0.4 is 16.8 Å². The third-order valence-electron chi connectivity index (χ3n) is 2.29. The van der Waals surface area contributed by atoms with E-state index in [0.717, 1.165) is 5.69 Å². The lowest BCUT2D eigenvalue weighted by Gasteiger charge is -2.10. The van der Waals surface area contributed by atoms with E-state index in [9.17, 15) is 9.59 Å². The van der Waals surface area contributed by atoms with Gasteiger partial charge in [-0.2, -0.15) is 0 Å². The summed E-state index contributed by atoms with van der Waals surface area (Å²) in [4.78, 5) is 28.8. The zero-order valence-corrected chi connectivity index (χ0v) is 9.48. The maximum Gasteiger partial charge on any atom is 0.236 e. The maximum atomic E-state index is 11.5. The number of nitrogens with zero attached hydrogens (tertiary/aromatic N) is 1. The van der Waals surface area contributed by atoms with Crippen molar-refractivity contribution in [3.05, 3.63) is 18.2 Å². The molecule has 1 atom stereocenters. The SMILES string of the molecule is NC(=O)CC[C@@H](N)C(=O)NCCc1cnc[nH]1. The molecule has 0 unspecified atom stereocenters. The zero-order valence-electron chi connectivity index (χ0n) is 9.48. The van der Waals surface area contributed by atoms with Gasteiger partial charge in [-0.3, -0.25) is 9.59 Å². The van der Waals surface area contributed by atoms with Crippen LogP contribution in [0.2, 0.25) is 0 Å². The monoisotopic (exact) mass is 239 g/mol. The first-order valence-corrected chi connectivity index (χ1v) is 5.38. The number of carbonyl (C=O) groups excluding carboxylic acids is 2. The van der Waals surface area contributed by atoms with Crippen LogP contribution >= 0.6 is 0 Å². The van der Waals surface area contributed by atoms with Gasteiger partial charge in [-0.25, -0.2) is 4.98 Å². The van der Waals surface area contributed by atoms with Crippen LogP contribution in [0.3, 0.4) is 0 Å². The van der Waals surface area contributed by atoms with E-state index in [1.54, 1.807) is 12.5 Å². The first-order chi connectivity index (χ1) is 8.09. The molecular formula is C10H17N5O2. The Bertz CT molecular complexity index is 363. The van der Waals surface area contributed by atoms with E-state index in [1.807, 2.05) is 0 Å². The Morgan fingerprint density at radius 3 is 2.88 bits per heavy atom. The average molecular weight is 239 g/mol. The number of rotatable bonds is 7. The van der Waals surface area contributed by atoms with Crippen LogP contribution in [-0.4, -0.2) is 34.4 Å². The first-order valence-electron chi connectivity index (χ1n) is 5.38. The fraction of sp³-hybridized carbons (Fsp3) is 0.500. The molecule has 0 saturated carbocycles. The Morgan fingerprint density at radius 1 is 1.53 bits per heavy atom. The molecule has 94 valence electrons. The summed E-state index contributed by atoms with van der Waals surface area (Å²) in [5.41, 5.74) is 11.5. The van der Waals surface area contributed by atoms with Crippen molar-refractivity contribution in [2.24, 2.45) is 11.5 Å². The number of nitrogens with two attached hydrogens (primary N) is 2. The molecule has 0 aromatic carbocycles. The van der Waals surface area contributed by atoms with Gasteiger partial charge in [-0.05, 0) is 6.42 Å². The molecule has 0 bridgehead atoms. The summed E-state index contributed by atoms with van der Waals surface area (Å²) in [6.07, 6.45) is 4.32. The van der Waals surface area contributed by atoms with Crippen LogP contribution in [0.25, 0.3) is 0 Å². The highest BCUT2D eigenvalue weighted by Crippen LogP contribution is 1.95. The lowest BCUT2D eigenvalue weighted by atomic mass is 10.1. The molecule has 7 heteroatoms. The van der Waals surface area contributed by atoms with Crippen molar-refractivity contribution in [3.63, 3.8) is 0 Å². The van der Waals surface area contributed by atoms with Crippen LogP contribution in [-0.2, 0) is 16.0 Å². The highest BCUT2D eigenvalue weighted by Gasteiger charge is 2.13. The minimum Gasteiger partial charge on any atom is -0.370 e. The molecular weight excluding hydrogens is 222 g/mol. The van der Waals surface area contributed by atoms with Crippen LogP contribution in [0.1, 0.15) is 18.5 Å². The summed E-state index contributed by atoms with van der Waals surface area (Å²) in [6.45, 7) is 0.477. The van der Waals surface area contributed by atoms with Crippen molar-refractivity contribution >= 4 is 11.8 Å². The number of aromatic amines is 1. The molecule has 1 heterocycles. The molecule has 0 spiro atoms. The van der Waals surface area contributed by atoms with Crippen molar-refractivity contribution in [3.8, 4) is 0 Å². The highest BCUT2D eigenvalue weighted by atomic mass is 16.2. The summed E-state index contributed by atoms with van der Waals surface area (Å²) < 4.78 is 0. The number of hydrogen-bond donors (Lipinski definition) is 4. The molecule has 1 aromatic rings. The Balaban J connectivity index is 2.17. The summed E-state index contributed by atoms with van der Waals surface area (Å²) in [6, 6.07) is -0.690. The van der Waals surface area contributed by atoms with E-state index in [4.69, 9.17) is 11.5 Å². The van der Waals surface area contributed by atoms with Crippen LogP contribution in [0.5, 0.6) is 0 Å². The summed E-state index contributed by atoms with van der Waals surface area (Å²) in [7, 11) is 0. The van der Waals surface area contributed by atoms with Crippen molar-refractivity contribution in [2.75, 3.05) is 6.54 Å². The molecule has 0 aliphatic heterocycles. The molecule has 7 nitrogen and oxygen atoms in total. The van der Waals surface area contributed by atoms with Gasteiger partial charge in [-0.15, -0.1) is 0 Å². The number of carbonyl (C=O) groups is 2. The standard InChI is InChI=1S/C10H17N5O2/c11-8(1-2-9(12)16)10(17)14-4-3-7-5-13-6-15-7/h5-6,8H,1-4,11H2,(H2,12,16)(H,13,15)(H,14,17)/t8-/m1/s1. The Morgan fingerprint density at radius 2 is 2.29 bits per heavy atom. The van der Waals surface area contributed by atoms with Crippen molar-refractivity contribution in [2.45, 2.75) is 25.3 Å². The van der Waals surface area contributed by atoms with Crippen molar-refractivity contribution in [1.29, 1.82) is 0 Å². The van der Waals surface area contributed by atoms with E-state index in [-0.39, 0.29) is 18.7 Å². The van der Waals surface area contributed by atoms with Gasteiger partial charge in [0.05, 0.1) is 12.4 Å². The quantitative estimate of drug-likeness (QED) is 0.469. The minimum atomic E-state index is -0.690. The van der Waals surface area contributed by atoms with Gasteiger partial charge in [0.15, 0.2) is 0 Å². The molecule has 0 radical (unpaired) electrons. The molecule has 0 aliphatic carbocycles. The van der Waals surface area contributed by atoms with Crippen molar-refractivity contribution in [1.82, 2.24) is 15.3 Å². The highest BCUT2D eigenvalue weighted by molar-refractivity contribution is 5.82. The number of imidazole rings is 1. The van der Waals surface area contributed by atoms with Gasteiger partial charge in [0.2, 0.25) is 11.8 Å². The normalized spacial score (nSPS) is 12.1. The molecule has 1 aromatic heterocycles. The summed E-state index contributed by atoms with van der Waals surface area (Å²) >= 11 is 0. The molecule has 0 fully saturated rings. The maximum absolute atomic E-state index is 11.5. The average Bonchev–Trinajstić information content (AvgIpc) is 2.78. The number of H-pyrrole nitrogens is 1. The fourth-order valence-electron chi connectivity index (χ4n) is 1.30. The number of hydrogen-bond acceptors (Lipinski definition) is 4. The van der Waals surface area contributed by atoms with Crippen LogP contribution in [0, 0.1) is 0 Å². The van der Waals surface area contributed by atoms with E-state index in [2.05, 4.69) is 15.3 Å². The van der Waals surface area contributed by atoms with Gasteiger partial charge >= 0.3 is 0 Å². The Kier molecular flexibility index (Phi) is 5.15.